The molecule has 27 heavy (non-hydrogen) atoms. The summed E-state index contributed by atoms with van der Waals surface area (Å²) in [5.41, 5.74) is 4.08. The quantitative estimate of drug-likeness (QED) is 0.666. The van der Waals surface area contributed by atoms with E-state index >= 15 is 0 Å². The summed E-state index contributed by atoms with van der Waals surface area (Å²) >= 11 is 3.47. The van der Waals surface area contributed by atoms with E-state index in [1.807, 2.05) is 74.4 Å². The second kappa shape index (κ2) is 8.31. The predicted molar refractivity (Wildman–Crippen MR) is 112 cm³/mol. The van der Waals surface area contributed by atoms with Gasteiger partial charge in [0.1, 0.15) is 5.82 Å². The van der Waals surface area contributed by atoms with Crippen LogP contribution in [0.2, 0.25) is 0 Å². The van der Waals surface area contributed by atoms with Crippen molar-refractivity contribution in [3.8, 4) is 11.3 Å². The number of carbonyl (C=O) groups is 1. The lowest BCUT2D eigenvalue weighted by Crippen LogP contribution is -2.25. The average molecular weight is 425 g/mol. The van der Waals surface area contributed by atoms with Gasteiger partial charge < -0.3 is 10.2 Å². The molecule has 0 spiro atoms. The highest BCUT2D eigenvalue weighted by Gasteiger charge is 2.13. The highest BCUT2D eigenvalue weighted by atomic mass is 79.9. The summed E-state index contributed by atoms with van der Waals surface area (Å²) in [6.45, 7) is 2.26. The Morgan fingerprint density at radius 3 is 2.67 bits per heavy atom. The van der Waals surface area contributed by atoms with Gasteiger partial charge >= 0.3 is 0 Å². The first-order valence-electron chi connectivity index (χ1n) is 8.58. The number of hydrogen-bond donors (Lipinski definition) is 1. The van der Waals surface area contributed by atoms with Gasteiger partial charge in [-0.15, -0.1) is 0 Å². The number of hydrogen-bond acceptors (Lipinski definition) is 4. The topological polar surface area (TPSA) is 58.1 Å². The minimum Gasteiger partial charge on any atom is -0.362 e. The van der Waals surface area contributed by atoms with Crippen molar-refractivity contribution in [2.75, 3.05) is 19.0 Å². The van der Waals surface area contributed by atoms with Crippen molar-refractivity contribution in [3.63, 3.8) is 0 Å². The molecule has 138 valence electrons. The Bertz CT molecular complexity index is 972. The van der Waals surface area contributed by atoms with Crippen LogP contribution in [0.4, 0.5) is 5.82 Å². The molecule has 0 unspecified atom stereocenters. The van der Waals surface area contributed by atoms with Gasteiger partial charge in [0.2, 0.25) is 0 Å². The Hall–Kier alpha value is -2.73. The standard InChI is InChI=1S/C21H21BrN4O/c1-14-18(9-10-19(25-14)15-6-4-8-17(22)12-15)21(27)24-13-16-7-5-11-23-20(16)26(2)3/h4-12H,13H2,1-3H3,(H,24,27). The molecule has 3 aromatic rings. The van der Waals surface area contributed by atoms with Gasteiger partial charge in [-0.3, -0.25) is 9.78 Å². The van der Waals surface area contributed by atoms with Gasteiger partial charge in [-0.2, -0.15) is 0 Å². The number of anilines is 1. The maximum Gasteiger partial charge on any atom is 0.253 e. The zero-order chi connectivity index (χ0) is 19.4. The summed E-state index contributed by atoms with van der Waals surface area (Å²) in [7, 11) is 3.87. The fraction of sp³-hybridized carbons (Fsp3) is 0.190. The predicted octanol–water partition coefficient (Wildman–Crippen LogP) is 4.21. The third kappa shape index (κ3) is 4.52. The number of benzene rings is 1. The Morgan fingerprint density at radius 1 is 1.15 bits per heavy atom. The third-order valence-electron chi connectivity index (χ3n) is 4.18. The number of amides is 1. The summed E-state index contributed by atoms with van der Waals surface area (Å²) in [6.07, 6.45) is 1.75. The van der Waals surface area contributed by atoms with E-state index in [1.54, 1.807) is 6.20 Å². The van der Waals surface area contributed by atoms with Crippen molar-refractivity contribution in [1.82, 2.24) is 15.3 Å². The monoisotopic (exact) mass is 424 g/mol. The molecule has 0 aliphatic rings. The van der Waals surface area contributed by atoms with E-state index in [0.29, 0.717) is 17.8 Å². The van der Waals surface area contributed by atoms with E-state index in [2.05, 4.69) is 31.2 Å². The van der Waals surface area contributed by atoms with E-state index in [9.17, 15) is 4.79 Å². The molecule has 0 fully saturated rings. The molecule has 1 amide bonds. The van der Waals surface area contributed by atoms with E-state index < -0.39 is 0 Å². The normalized spacial score (nSPS) is 10.5. The van der Waals surface area contributed by atoms with E-state index in [0.717, 1.165) is 27.1 Å². The van der Waals surface area contributed by atoms with Crippen LogP contribution in [0.1, 0.15) is 21.6 Å². The number of halogens is 1. The highest BCUT2D eigenvalue weighted by Crippen LogP contribution is 2.22. The van der Waals surface area contributed by atoms with E-state index in [4.69, 9.17) is 0 Å². The van der Waals surface area contributed by atoms with E-state index in [1.165, 1.54) is 0 Å². The molecule has 0 saturated carbocycles. The highest BCUT2D eigenvalue weighted by molar-refractivity contribution is 9.10. The Labute approximate surface area is 167 Å². The molecular weight excluding hydrogens is 404 g/mol. The van der Waals surface area contributed by atoms with Gasteiger partial charge in [-0.1, -0.05) is 34.1 Å². The smallest absolute Gasteiger partial charge is 0.253 e. The molecule has 0 radical (unpaired) electrons. The zero-order valence-corrected chi connectivity index (χ0v) is 17.1. The molecule has 0 saturated heterocycles. The third-order valence-corrected chi connectivity index (χ3v) is 4.67. The van der Waals surface area contributed by atoms with Crippen LogP contribution in [-0.4, -0.2) is 30.0 Å². The Balaban J connectivity index is 1.76. The molecule has 1 aromatic carbocycles. The van der Waals surface area contributed by atoms with Gasteiger partial charge in [0.15, 0.2) is 0 Å². The number of carbonyl (C=O) groups excluding carboxylic acids is 1. The molecule has 2 aromatic heterocycles. The molecule has 0 bridgehead atoms. The van der Waals surface area contributed by atoms with Gasteiger partial charge in [0.05, 0.1) is 17.0 Å². The number of pyridine rings is 2. The number of aromatic nitrogens is 2. The average Bonchev–Trinajstić information content (AvgIpc) is 2.66. The second-order valence-corrected chi connectivity index (χ2v) is 7.32. The number of rotatable bonds is 5. The van der Waals surface area contributed by atoms with Crippen molar-refractivity contribution in [2.45, 2.75) is 13.5 Å². The molecule has 6 heteroatoms. The number of nitrogens with zero attached hydrogens (tertiary/aromatic N) is 3. The molecule has 1 N–H and O–H groups in total. The van der Waals surface area contributed by atoms with E-state index in [-0.39, 0.29) is 5.91 Å². The lowest BCUT2D eigenvalue weighted by atomic mass is 10.1. The SMILES string of the molecule is Cc1nc(-c2cccc(Br)c2)ccc1C(=O)NCc1cccnc1N(C)C. The Kier molecular flexibility index (Phi) is 5.86. The fourth-order valence-corrected chi connectivity index (χ4v) is 3.25. The van der Waals surface area contributed by atoms with Crippen molar-refractivity contribution < 1.29 is 4.79 Å². The first-order valence-corrected chi connectivity index (χ1v) is 9.38. The molecular formula is C21H21BrN4O. The molecule has 0 aliphatic carbocycles. The summed E-state index contributed by atoms with van der Waals surface area (Å²) in [4.78, 5) is 23.5. The maximum absolute atomic E-state index is 12.6. The van der Waals surface area contributed by atoms with Crippen molar-refractivity contribution in [2.24, 2.45) is 0 Å². The number of nitrogens with one attached hydrogen (secondary N) is 1. The summed E-state index contributed by atoms with van der Waals surface area (Å²) < 4.78 is 0.995. The molecule has 2 heterocycles. The lowest BCUT2D eigenvalue weighted by Gasteiger charge is -2.16. The van der Waals surface area contributed by atoms with Crippen LogP contribution in [0.15, 0.2) is 59.2 Å². The zero-order valence-electron chi connectivity index (χ0n) is 15.5. The molecule has 0 atom stereocenters. The minimum atomic E-state index is -0.144. The van der Waals surface area contributed by atoms with Crippen LogP contribution in [0, 0.1) is 6.92 Å². The van der Waals surface area contributed by atoms with Crippen LogP contribution in [-0.2, 0) is 6.54 Å². The van der Waals surface area contributed by atoms with Crippen LogP contribution in [0.3, 0.4) is 0 Å². The largest absolute Gasteiger partial charge is 0.362 e. The van der Waals surface area contributed by atoms with Gasteiger partial charge in [-0.25, -0.2) is 4.98 Å². The van der Waals surface area contributed by atoms with Gasteiger partial charge in [-0.05, 0) is 37.3 Å². The summed E-state index contributed by atoms with van der Waals surface area (Å²) in [5, 5.41) is 2.97. The number of aryl methyl sites for hydroxylation is 1. The van der Waals surface area contributed by atoms with Crippen LogP contribution >= 0.6 is 15.9 Å². The first-order chi connectivity index (χ1) is 13.0. The molecule has 0 aliphatic heterocycles. The van der Waals surface area contributed by atoms with Crippen molar-refractivity contribution in [1.29, 1.82) is 0 Å². The maximum atomic E-state index is 12.6. The summed E-state index contributed by atoms with van der Waals surface area (Å²) in [6, 6.07) is 15.5. The van der Waals surface area contributed by atoms with Crippen molar-refractivity contribution in [3.05, 3.63) is 76.0 Å². The van der Waals surface area contributed by atoms with Gasteiger partial charge in [0, 0.05) is 42.4 Å². The Morgan fingerprint density at radius 2 is 1.96 bits per heavy atom. The molecule has 5 nitrogen and oxygen atoms in total. The summed E-state index contributed by atoms with van der Waals surface area (Å²) in [5.74, 6) is 0.701. The van der Waals surface area contributed by atoms with Crippen LogP contribution in [0.5, 0.6) is 0 Å². The molecule has 3 rings (SSSR count). The van der Waals surface area contributed by atoms with Gasteiger partial charge in [0.25, 0.3) is 5.91 Å². The van der Waals surface area contributed by atoms with Crippen molar-refractivity contribution >= 4 is 27.7 Å². The minimum absolute atomic E-state index is 0.144. The second-order valence-electron chi connectivity index (χ2n) is 6.40. The fourth-order valence-electron chi connectivity index (χ4n) is 2.85. The van der Waals surface area contributed by atoms with Crippen LogP contribution in [0.25, 0.3) is 11.3 Å². The van der Waals surface area contributed by atoms with Crippen LogP contribution < -0.4 is 10.2 Å². The lowest BCUT2D eigenvalue weighted by molar-refractivity contribution is 0.0950. The first kappa shape index (κ1) is 19.0.